The topological polar surface area (TPSA) is 73.7 Å². The summed E-state index contributed by atoms with van der Waals surface area (Å²) in [6.45, 7) is 6.68. The highest BCUT2D eigenvalue weighted by Gasteiger charge is 2.42. The van der Waals surface area contributed by atoms with E-state index in [0.717, 1.165) is 15.7 Å². The van der Waals surface area contributed by atoms with Crippen LogP contribution in [-0.2, 0) is 20.4 Å². The van der Waals surface area contributed by atoms with Crippen molar-refractivity contribution in [1.29, 1.82) is 0 Å². The molecule has 1 aromatic heterocycles. The van der Waals surface area contributed by atoms with E-state index in [4.69, 9.17) is 9.47 Å². The van der Waals surface area contributed by atoms with Gasteiger partial charge in [-0.15, -0.1) is 0 Å². The molecule has 2 aliphatic heterocycles. The monoisotopic (exact) mass is 439 g/mol. The fourth-order valence-corrected chi connectivity index (χ4v) is 4.26. The van der Waals surface area contributed by atoms with Gasteiger partial charge in [0.25, 0.3) is 5.56 Å². The largest absolute Gasteiger partial charge is 0.438 e. The molecular formula is C21H24F3N3O4. The average molecular weight is 439 g/mol. The average Bonchev–Trinajstić information content (AvgIpc) is 3.15. The molecule has 0 unspecified atom stereocenters. The molecular weight excluding hydrogens is 415 g/mol. The summed E-state index contributed by atoms with van der Waals surface area (Å²) in [5.41, 5.74) is -1.07. The minimum Gasteiger partial charge on any atom is -0.347 e. The van der Waals surface area contributed by atoms with Crippen LogP contribution in [0.25, 0.3) is 11.0 Å². The van der Waals surface area contributed by atoms with E-state index in [0.29, 0.717) is 39.1 Å². The number of rotatable bonds is 2. The fourth-order valence-electron chi connectivity index (χ4n) is 4.26. The number of amides is 1. The van der Waals surface area contributed by atoms with E-state index in [1.165, 1.54) is 13.0 Å². The predicted molar refractivity (Wildman–Crippen MR) is 106 cm³/mol. The maximum atomic E-state index is 13.5. The van der Waals surface area contributed by atoms with Gasteiger partial charge in [-0.25, -0.2) is 4.98 Å². The molecule has 2 saturated heterocycles. The SMILES string of the molecule is Cc1cc2nc(C(F)(F)F)c(=O)n([C@@H](C)C(=O)N3CCC4(CC3)OCCO4)c2cc1C. The number of hydrogen-bond donors (Lipinski definition) is 0. The number of halogens is 3. The first-order chi connectivity index (χ1) is 14.5. The number of hydrogen-bond acceptors (Lipinski definition) is 5. The molecule has 31 heavy (non-hydrogen) atoms. The standard InChI is InChI=1S/C21H24F3N3O4/c1-12-10-15-16(11-13(12)2)27(19(29)17(25-15)21(22,23)24)14(3)18(28)26-6-4-20(5-7-26)30-8-9-31-20/h10-11,14H,4-9H2,1-3H3/t14-/m0/s1. The minimum atomic E-state index is -4.93. The second-order valence-corrected chi connectivity index (χ2v) is 8.17. The van der Waals surface area contributed by atoms with E-state index in [9.17, 15) is 22.8 Å². The number of alkyl halides is 3. The second kappa shape index (κ2) is 7.59. The lowest BCUT2D eigenvalue weighted by molar-refractivity contribution is -0.188. The number of aromatic nitrogens is 2. The van der Waals surface area contributed by atoms with Gasteiger partial charge in [0.05, 0.1) is 24.2 Å². The third-order valence-electron chi connectivity index (χ3n) is 6.17. The summed E-state index contributed by atoms with van der Waals surface area (Å²) in [5, 5.41) is 0. The van der Waals surface area contributed by atoms with Crippen LogP contribution in [0.2, 0.25) is 0 Å². The molecule has 1 atom stereocenters. The number of likely N-dealkylation sites (tertiary alicyclic amines) is 1. The van der Waals surface area contributed by atoms with E-state index in [-0.39, 0.29) is 11.0 Å². The third kappa shape index (κ3) is 3.82. The molecule has 7 nitrogen and oxygen atoms in total. The normalized spacial score (nSPS) is 19.9. The lowest BCUT2D eigenvalue weighted by atomic mass is 10.0. The van der Waals surface area contributed by atoms with Gasteiger partial charge >= 0.3 is 6.18 Å². The van der Waals surface area contributed by atoms with Crippen LogP contribution in [0, 0.1) is 13.8 Å². The number of carbonyl (C=O) groups is 1. The lowest BCUT2D eigenvalue weighted by Crippen LogP contribution is -2.49. The lowest BCUT2D eigenvalue weighted by Gasteiger charge is -2.38. The van der Waals surface area contributed by atoms with E-state index >= 15 is 0 Å². The van der Waals surface area contributed by atoms with Crippen molar-refractivity contribution in [2.24, 2.45) is 0 Å². The number of fused-ring (bicyclic) bond motifs is 1. The van der Waals surface area contributed by atoms with Gasteiger partial charge in [-0.3, -0.25) is 14.2 Å². The molecule has 10 heteroatoms. The molecule has 0 N–H and O–H groups in total. The summed E-state index contributed by atoms with van der Waals surface area (Å²) in [4.78, 5) is 31.2. The quantitative estimate of drug-likeness (QED) is 0.720. The summed E-state index contributed by atoms with van der Waals surface area (Å²) in [6, 6.07) is 1.99. The molecule has 2 fully saturated rings. The van der Waals surface area contributed by atoms with E-state index in [1.807, 2.05) is 0 Å². The van der Waals surface area contributed by atoms with Gasteiger partial charge in [0, 0.05) is 25.9 Å². The van der Waals surface area contributed by atoms with Gasteiger partial charge in [-0.1, -0.05) is 0 Å². The molecule has 0 aliphatic carbocycles. The summed E-state index contributed by atoms with van der Waals surface area (Å²) < 4.78 is 52.8. The Labute approximate surface area is 176 Å². The summed E-state index contributed by atoms with van der Waals surface area (Å²) in [7, 11) is 0. The maximum Gasteiger partial charge on any atom is 0.438 e. The first-order valence-corrected chi connectivity index (χ1v) is 10.2. The van der Waals surface area contributed by atoms with Gasteiger partial charge in [-0.2, -0.15) is 13.2 Å². The predicted octanol–water partition coefficient (Wildman–Crippen LogP) is 2.96. The van der Waals surface area contributed by atoms with Crippen molar-refractivity contribution < 1.29 is 27.4 Å². The van der Waals surface area contributed by atoms with Crippen molar-refractivity contribution in [3.8, 4) is 0 Å². The number of piperidine rings is 1. The van der Waals surface area contributed by atoms with E-state index < -0.39 is 35.2 Å². The zero-order chi connectivity index (χ0) is 22.6. The first kappa shape index (κ1) is 21.8. The van der Waals surface area contributed by atoms with Crippen molar-refractivity contribution >= 4 is 16.9 Å². The highest BCUT2D eigenvalue weighted by molar-refractivity contribution is 5.84. The number of ether oxygens (including phenoxy) is 2. The second-order valence-electron chi connectivity index (χ2n) is 8.17. The number of aryl methyl sites for hydroxylation is 2. The van der Waals surface area contributed by atoms with Gasteiger partial charge in [0.15, 0.2) is 5.79 Å². The van der Waals surface area contributed by atoms with Crippen molar-refractivity contribution in [1.82, 2.24) is 14.5 Å². The third-order valence-corrected chi connectivity index (χ3v) is 6.17. The number of carbonyl (C=O) groups excluding carboxylic acids is 1. The number of benzene rings is 1. The molecule has 0 radical (unpaired) electrons. The van der Waals surface area contributed by atoms with Gasteiger partial charge < -0.3 is 14.4 Å². The van der Waals surface area contributed by atoms with E-state index in [1.54, 1.807) is 24.8 Å². The molecule has 0 saturated carbocycles. The van der Waals surface area contributed by atoms with Crippen LogP contribution in [0.15, 0.2) is 16.9 Å². The maximum absolute atomic E-state index is 13.5. The molecule has 1 spiro atoms. The Morgan fingerprint density at radius 3 is 2.29 bits per heavy atom. The minimum absolute atomic E-state index is 0.0278. The highest BCUT2D eigenvalue weighted by atomic mass is 19.4. The molecule has 3 heterocycles. The zero-order valence-corrected chi connectivity index (χ0v) is 17.6. The van der Waals surface area contributed by atoms with Crippen LogP contribution in [0.1, 0.15) is 42.6 Å². The van der Waals surface area contributed by atoms with Crippen LogP contribution in [0.5, 0.6) is 0 Å². The Morgan fingerprint density at radius 1 is 1.13 bits per heavy atom. The van der Waals surface area contributed by atoms with E-state index in [2.05, 4.69) is 4.98 Å². The molecule has 2 aromatic rings. The number of nitrogens with zero attached hydrogens (tertiary/aromatic N) is 3. The molecule has 4 rings (SSSR count). The molecule has 168 valence electrons. The molecule has 2 aliphatic rings. The Morgan fingerprint density at radius 2 is 1.71 bits per heavy atom. The van der Waals surface area contributed by atoms with Crippen LogP contribution in [0.4, 0.5) is 13.2 Å². The molecule has 0 bridgehead atoms. The zero-order valence-electron chi connectivity index (χ0n) is 17.6. The van der Waals surface area contributed by atoms with Crippen molar-refractivity contribution in [2.75, 3.05) is 26.3 Å². The first-order valence-electron chi connectivity index (χ1n) is 10.2. The van der Waals surface area contributed by atoms with Gasteiger partial charge in [0.1, 0.15) is 6.04 Å². The van der Waals surface area contributed by atoms with Crippen LogP contribution >= 0.6 is 0 Å². The van der Waals surface area contributed by atoms with Crippen LogP contribution in [-0.4, -0.2) is 52.4 Å². The summed E-state index contributed by atoms with van der Waals surface area (Å²) in [5.74, 6) is -1.10. The summed E-state index contributed by atoms with van der Waals surface area (Å²) in [6.07, 6.45) is -3.98. The Bertz CT molecular complexity index is 1080. The van der Waals surface area contributed by atoms with Crippen molar-refractivity contribution in [3.63, 3.8) is 0 Å². The smallest absolute Gasteiger partial charge is 0.347 e. The van der Waals surface area contributed by atoms with Gasteiger partial charge in [0.2, 0.25) is 11.6 Å². The fraction of sp³-hybridized carbons (Fsp3) is 0.571. The van der Waals surface area contributed by atoms with Crippen molar-refractivity contribution in [2.45, 2.75) is 51.6 Å². The Hall–Kier alpha value is -2.46. The van der Waals surface area contributed by atoms with Gasteiger partial charge in [-0.05, 0) is 44.0 Å². The molecule has 1 aromatic carbocycles. The summed E-state index contributed by atoms with van der Waals surface area (Å²) >= 11 is 0. The van der Waals surface area contributed by atoms with Crippen LogP contribution < -0.4 is 5.56 Å². The van der Waals surface area contributed by atoms with Crippen molar-refractivity contribution in [3.05, 3.63) is 39.3 Å². The van der Waals surface area contributed by atoms with Crippen LogP contribution in [0.3, 0.4) is 0 Å². The Balaban J connectivity index is 1.73. The molecule has 1 amide bonds. The Kier molecular flexibility index (Phi) is 5.33. The highest BCUT2D eigenvalue weighted by Crippen LogP contribution is 2.33.